The van der Waals surface area contributed by atoms with Crippen molar-refractivity contribution in [3.05, 3.63) is 11.7 Å². The highest BCUT2D eigenvalue weighted by atomic mass is 16.5. The Kier molecular flexibility index (Phi) is 2.94. The minimum absolute atomic E-state index is 0.0410. The van der Waals surface area contributed by atoms with Crippen LogP contribution in [0, 0.1) is 0 Å². The van der Waals surface area contributed by atoms with Gasteiger partial charge >= 0.3 is 5.97 Å². The molecule has 1 fully saturated rings. The standard InChI is InChI=1S/C11H16N2O3/c1-3-5-11(6-7-11)10-12-8(13-16-10)9(14)15-4-2/h3-7H2,1-2H3. The van der Waals surface area contributed by atoms with E-state index in [1.807, 2.05) is 0 Å². The zero-order valence-corrected chi connectivity index (χ0v) is 9.65. The monoisotopic (exact) mass is 224 g/mol. The van der Waals surface area contributed by atoms with Crippen molar-refractivity contribution in [3.63, 3.8) is 0 Å². The van der Waals surface area contributed by atoms with Crippen LogP contribution in [0.2, 0.25) is 0 Å². The van der Waals surface area contributed by atoms with Gasteiger partial charge in [-0.05, 0) is 31.3 Å². The third kappa shape index (κ3) is 1.94. The molecule has 1 aliphatic rings. The van der Waals surface area contributed by atoms with Crippen molar-refractivity contribution in [1.82, 2.24) is 10.1 Å². The summed E-state index contributed by atoms with van der Waals surface area (Å²) in [5.41, 5.74) is 0.0481. The molecule has 16 heavy (non-hydrogen) atoms. The number of carbonyl (C=O) groups excluding carboxylic acids is 1. The summed E-state index contributed by atoms with van der Waals surface area (Å²) in [5, 5.41) is 3.66. The summed E-state index contributed by atoms with van der Waals surface area (Å²) >= 11 is 0. The first-order chi connectivity index (χ1) is 7.72. The SMILES string of the molecule is CCCC1(c2nc(C(=O)OCC)no2)CC1. The van der Waals surface area contributed by atoms with Gasteiger partial charge in [0.2, 0.25) is 5.89 Å². The van der Waals surface area contributed by atoms with Crippen molar-refractivity contribution in [3.8, 4) is 0 Å². The molecular formula is C11H16N2O3. The number of hydrogen-bond donors (Lipinski definition) is 0. The molecule has 88 valence electrons. The van der Waals surface area contributed by atoms with E-state index < -0.39 is 5.97 Å². The van der Waals surface area contributed by atoms with Gasteiger partial charge in [0, 0.05) is 5.41 Å². The van der Waals surface area contributed by atoms with E-state index in [2.05, 4.69) is 17.1 Å². The van der Waals surface area contributed by atoms with E-state index in [4.69, 9.17) is 9.26 Å². The van der Waals surface area contributed by atoms with Crippen molar-refractivity contribution in [2.45, 2.75) is 44.9 Å². The molecule has 0 spiro atoms. The van der Waals surface area contributed by atoms with Crippen LogP contribution >= 0.6 is 0 Å². The average molecular weight is 224 g/mol. The number of rotatable bonds is 5. The fourth-order valence-corrected chi connectivity index (χ4v) is 1.92. The maximum atomic E-state index is 11.4. The molecule has 0 bridgehead atoms. The molecule has 5 heteroatoms. The Bertz CT molecular complexity index is 382. The van der Waals surface area contributed by atoms with E-state index >= 15 is 0 Å². The number of ether oxygens (including phenoxy) is 1. The van der Waals surface area contributed by atoms with Crippen molar-refractivity contribution in [2.24, 2.45) is 0 Å². The van der Waals surface area contributed by atoms with Gasteiger partial charge in [-0.15, -0.1) is 0 Å². The van der Waals surface area contributed by atoms with Gasteiger partial charge in [0.1, 0.15) is 0 Å². The minimum Gasteiger partial charge on any atom is -0.460 e. The quantitative estimate of drug-likeness (QED) is 0.716. The van der Waals surface area contributed by atoms with E-state index in [0.717, 1.165) is 25.7 Å². The molecule has 2 rings (SSSR count). The van der Waals surface area contributed by atoms with Crippen LogP contribution in [0.5, 0.6) is 0 Å². The third-order valence-corrected chi connectivity index (χ3v) is 2.92. The lowest BCUT2D eigenvalue weighted by atomic mass is 10.0. The normalized spacial score (nSPS) is 17.1. The number of hydrogen-bond acceptors (Lipinski definition) is 5. The Labute approximate surface area is 94.2 Å². The molecule has 0 aliphatic heterocycles. The highest BCUT2D eigenvalue weighted by Gasteiger charge is 2.48. The molecule has 0 unspecified atom stereocenters. The van der Waals surface area contributed by atoms with Crippen molar-refractivity contribution in [2.75, 3.05) is 6.61 Å². The second-order valence-corrected chi connectivity index (χ2v) is 4.17. The van der Waals surface area contributed by atoms with E-state index in [9.17, 15) is 4.79 Å². The van der Waals surface area contributed by atoms with Crippen LogP contribution < -0.4 is 0 Å². The van der Waals surface area contributed by atoms with Gasteiger partial charge in [-0.2, -0.15) is 4.98 Å². The van der Waals surface area contributed by atoms with Crippen LogP contribution in [-0.2, 0) is 10.2 Å². The molecule has 0 saturated heterocycles. The summed E-state index contributed by atoms with van der Waals surface area (Å²) in [6, 6.07) is 0. The maximum Gasteiger partial charge on any atom is 0.379 e. The van der Waals surface area contributed by atoms with Crippen LogP contribution in [0.3, 0.4) is 0 Å². The van der Waals surface area contributed by atoms with Crippen molar-refractivity contribution >= 4 is 5.97 Å². The molecule has 0 N–H and O–H groups in total. The zero-order valence-electron chi connectivity index (χ0n) is 9.65. The maximum absolute atomic E-state index is 11.4. The molecule has 1 saturated carbocycles. The summed E-state index contributed by atoms with van der Waals surface area (Å²) in [6.45, 7) is 4.20. The van der Waals surface area contributed by atoms with E-state index in [0.29, 0.717) is 12.5 Å². The molecule has 1 aromatic rings. The van der Waals surface area contributed by atoms with E-state index in [1.54, 1.807) is 6.92 Å². The second kappa shape index (κ2) is 4.23. The van der Waals surface area contributed by atoms with Gasteiger partial charge in [-0.3, -0.25) is 0 Å². The van der Waals surface area contributed by atoms with Gasteiger partial charge in [0.05, 0.1) is 6.61 Å². The lowest BCUT2D eigenvalue weighted by molar-refractivity contribution is 0.0508. The van der Waals surface area contributed by atoms with Crippen LogP contribution in [-0.4, -0.2) is 22.7 Å². The predicted octanol–water partition coefficient (Wildman–Crippen LogP) is 2.08. The lowest BCUT2D eigenvalue weighted by Crippen LogP contribution is -2.09. The molecule has 1 aromatic heterocycles. The Morgan fingerprint density at radius 1 is 1.50 bits per heavy atom. The van der Waals surface area contributed by atoms with Gasteiger partial charge in [0.15, 0.2) is 0 Å². The van der Waals surface area contributed by atoms with Crippen molar-refractivity contribution in [1.29, 1.82) is 0 Å². The zero-order chi connectivity index (χ0) is 11.6. The van der Waals surface area contributed by atoms with Gasteiger partial charge in [-0.1, -0.05) is 13.3 Å². The predicted molar refractivity (Wildman–Crippen MR) is 56.1 cm³/mol. The first-order valence-corrected chi connectivity index (χ1v) is 5.73. The number of esters is 1. The Balaban J connectivity index is 2.10. The highest BCUT2D eigenvalue weighted by Crippen LogP contribution is 2.50. The molecule has 0 amide bonds. The summed E-state index contributed by atoms with van der Waals surface area (Å²) in [4.78, 5) is 15.5. The largest absolute Gasteiger partial charge is 0.460 e. The molecule has 0 aromatic carbocycles. The molecule has 5 nitrogen and oxygen atoms in total. The van der Waals surface area contributed by atoms with E-state index in [1.165, 1.54) is 0 Å². The van der Waals surface area contributed by atoms with Crippen LogP contribution in [0.1, 0.15) is 56.0 Å². The molecular weight excluding hydrogens is 208 g/mol. The van der Waals surface area contributed by atoms with Gasteiger partial charge in [-0.25, -0.2) is 4.79 Å². The van der Waals surface area contributed by atoms with Crippen LogP contribution in [0.4, 0.5) is 0 Å². The van der Waals surface area contributed by atoms with Crippen molar-refractivity contribution < 1.29 is 14.1 Å². The van der Waals surface area contributed by atoms with Gasteiger partial charge in [0.25, 0.3) is 5.82 Å². The number of nitrogens with zero attached hydrogens (tertiary/aromatic N) is 2. The van der Waals surface area contributed by atoms with Crippen LogP contribution in [0.25, 0.3) is 0 Å². The molecule has 0 radical (unpaired) electrons. The number of aromatic nitrogens is 2. The number of carbonyl (C=O) groups is 1. The molecule has 1 aliphatic carbocycles. The third-order valence-electron chi connectivity index (χ3n) is 2.92. The van der Waals surface area contributed by atoms with Gasteiger partial charge < -0.3 is 9.26 Å². The summed E-state index contributed by atoms with van der Waals surface area (Å²) in [5.74, 6) is 0.126. The summed E-state index contributed by atoms with van der Waals surface area (Å²) in [7, 11) is 0. The Hall–Kier alpha value is -1.39. The van der Waals surface area contributed by atoms with Crippen LogP contribution in [0.15, 0.2) is 4.52 Å². The summed E-state index contributed by atoms with van der Waals surface area (Å²) in [6.07, 6.45) is 4.27. The highest BCUT2D eigenvalue weighted by molar-refractivity contribution is 5.84. The average Bonchev–Trinajstić information content (AvgIpc) is 2.88. The smallest absolute Gasteiger partial charge is 0.379 e. The Morgan fingerprint density at radius 3 is 2.81 bits per heavy atom. The second-order valence-electron chi connectivity index (χ2n) is 4.17. The van der Waals surface area contributed by atoms with E-state index in [-0.39, 0.29) is 11.2 Å². The summed E-state index contributed by atoms with van der Waals surface area (Å²) < 4.78 is 9.96. The molecule has 0 atom stereocenters. The molecule has 1 heterocycles. The Morgan fingerprint density at radius 2 is 2.25 bits per heavy atom. The lowest BCUT2D eigenvalue weighted by Gasteiger charge is -2.06. The first kappa shape index (κ1) is 11.1. The fraction of sp³-hybridized carbons (Fsp3) is 0.727. The fourth-order valence-electron chi connectivity index (χ4n) is 1.92. The first-order valence-electron chi connectivity index (χ1n) is 5.73. The minimum atomic E-state index is -0.509. The topological polar surface area (TPSA) is 65.2 Å².